The number of aryl methyl sites for hydroxylation is 1. The molecular weight excluding hydrogens is 316 g/mol. The minimum Gasteiger partial charge on any atom is -0.347 e. The Bertz CT molecular complexity index is 603. The van der Waals surface area contributed by atoms with Gasteiger partial charge in [-0.05, 0) is 31.1 Å². The summed E-state index contributed by atoms with van der Waals surface area (Å²) in [5.74, 6) is 0. The number of nitrogens with zero attached hydrogens (tertiary/aromatic N) is 4. The van der Waals surface area contributed by atoms with Crippen LogP contribution in [0.5, 0.6) is 0 Å². The van der Waals surface area contributed by atoms with Gasteiger partial charge in [0.25, 0.3) is 0 Å². The summed E-state index contributed by atoms with van der Waals surface area (Å²) in [5.41, 5.74) is 2.95. The molecule has 2 amide bonds. The standard InChI is InChI=1S/C16H21ClN4O2/c1-12-4-6-13(7-5-12)15-14(10-21(18-15)16(17)23)20(3)9-8-19(2)11-22/h4-7,11,14H,8-10H2,1-3H3. The number of benzene rings is 1. The van der Waals surface area contributed by atoms with Crippen molar-refractivity contribution in [1.29, 1.82) is 0 Å². The predicted octanol–water partition coefficient (Wildman–Crippen LogP) is 1.76. The number of hydrazone groups is 1. The predicted molar refractivity (Wildman–Crippen MR) is 90.8 cm³/mol. The number of hydrogen-bond donors (Lipinski definition) is 0. The molecule has 0 aliphatic carbocycles. The summed E-state index contributed by atoms with van der Waals surface area (Å²) in [6, 6.07) is 7.96. The lowest BCUT2D eigenvalue weighted by Crippen LogP contribution is -2.44. The van der Waals surface area contributed by atoms with Gasteiger partial charge in [-0.3, -0.25) is 14.5 Å². The number of halogens is 1. The SMILES string of the molecule is Cc1ccc(C2=NN(C(=O)Cl)CC2N(C)CCN(C)C=O)cc1. The maximum atomic E-state index is 11.5. The summed E-state index contributed by atoms with van der Waals surface area (Å²) in [4.78, 5) is 25.8. The van der Waals surface area contributed by atoms with Crippen molar-refractivity contribution in [2.45, 2.75) is 13.0 Å². The zero-order valence-corrected chi connectivity index (χ0v) is 14.3. The topological polar surface area (TPSA) is 56.2 Å². The third-order valence-electron chi connectivity index (χ3n) is 3.96. The summed E-state index contributed by atoms with van der Waals surface area (Å²) in [6.07, 6.45) is 0.798. The van der Waals surface area contributed by atoms with Crippen LogP contribution >= 0.6 is 11.6 Å². The van der Waals surface area contributed by atoms with Gasteiger partial charge < -0.3 is 4.90 Å². The van der Waals surface area contributed by atoms with Crippen molar-refractivity contribution in [3.8, 4) is 0 Å². The summed E-state index contributed by atoms with van der Waals surface area (Å²) in [6.45, 7) is 3.71. The van der Waals surface area contributed by atoms with E-state index in [4.69, 9.17) is 11.6 Å². The third kappa shape index (κ3) is 4.30. The van der Waals surface area contributed by atoms with Crippen LogP contribution in [0.4, 0.5) is 4.79 Å². The smallest absolute Gasteiger partial charge is 0.336 e. The molecule has 0 aromatic heterocycles. The average molecular weight is 337 g/mol. The van der Waals surface area contributed by atoms with Gasteiger partial charge >= 0.3 is 5.37 Å². The number of likely N-dealkylation sites (N-methyl/N-ethyl adjacent to an activating group) is 2. The van der Waals surface area contributed by atoms with E-state index in [1.165, 1.54) is 5.01 Å². The van der Waals surface area contributed by atoms with Gasteiger partial charge in [0, 0.05) is 20.1 Å². The molecule has 1 aromatic rings. The first-order valence-electron chi connectivity index (χ1n) is 7.40. The molecular formula is C16H21ClN4O2. The average Bonchev–Trinajstić information content (AvgIpc) is 2.98. The van der Waals surface area contributed by atoms with Crippen LogP contribution in [0.15, 0.2) is 29.4 Å². The molecule has 0 fully saturated rings. The number of rotatable bonds is 6. The van der Waals surface area contributed by atoms with Crippen molar-refractivity contribution >= 4 is 29.1 Å². The van der Waals surface area contributed by atoms with Gasteiger partial charge in [-0.25, -0.2) is 5.01 Å². The van der Waals surface area contributed by atoms with Crippen molar-refractivity contribution in [3.63, 3.8) is 0 Å². The highest BCUT2D eigenvalue weighted by molar-refractivity contribution is 6.62. The Morgan fingerprint density at radius 1 is 1.35 bits per heavy atom. The number of carbonyl (C=O) groups excluding carboxylic acids is 2. The molecule has 0 radical (unpaired) electrons. The molecule has 0 saturated heterocycles. The van der Waals surface area contributed by atoms with Gasteiger partial charge in [-0.15, -0.1) is 0 Å². The minimum absolute atomic E-state index is 0.0551. The van der Waals surface area contributed by atoms with Crippen molar-refractivity contribution in [3.05, 3.63) is 35.4 Å². The lowest BCUT2D eigenvalue weighted by Gasteiger charge is -2.26. The summed E-state index contributed by atoms with van der Waals surface area (Å²) in [7, 11) is 3.69. The van der Waals surface area contributed by atoms with E-state index in [0.29, 0.717) is 19.6 Å². The largest absolute Gasteiger partial charge is 0.347 e. The number of hydrogen-bond acceptors (Lipinski definition) is 4. The molecule has 1 aromatic carbocycles. The molecule has 6 nitrogen and oxygen atoms in total. The van der Waals surface area contributed by atoms with Crippen LogP contribution in [0, 0.1) is 6.92 Å². The Hall–Kier alpha value is -1.92. The summed E-state index contributed by atoms with van der Waals surface area (Å²) < 4.78 is 0. The zero-order valence-electron chi connectivity index (χ0n) is 13.6. The second kappa shape index (κ2) is 7.57. The van der Waals surface area contributed by atoms with E-state index < -0.39 is 5.37 Å². The fraction of sp³-hybridized carbons (Fsp3) is 0.438. The first kappa shape index (κ1) is 17.4. The Morgan fingerprint density at radius 2 is 2.00 bits per heavy atom. The number of amides is 2. The molecule has 0 spiro atoms. The lowest BCUT2D eigenvalue weighted by molar-refractivity contribution is -0.117. The Morgan fingerprint density at radius 3 is 2.57 bits per heavy atom. The molecule has 1 atom stereocenters. The van der Waals surface area contributed by atoms with Crippen LogP contribution < -0.4 is 0 Å². The highest BCUT2D eigenvalue weighted by Gasteiger charge is 2.33. The molecule has 124 valence electrons. The highest BCUT2D eigenvalue weighted by atomic mass is 35.5. The van der Waals surface area contributed by atoms with Gasteiger partial charge in [-0.1, -0.05) is 29.8 Å². The maximum absolute atomic E-state index is 11.5. The van der Waals surface area contributed by atoms with Crippen molar-refractivity contribution in [2.24, 2.45) is 5.10 Å². The molecule has 0 saturated carbocycles. The lowest BCUT2D eigenvalue weighted by atomic mass is 10.0. The van der Waals surface area contributed by atoms with Gasteiger partial charge in [0.15, 0.2) is 0 Å². The summed E-state index contributed by atoms with van der Waals surface area (Å²) in [5, 5.41) is 5.07. The monoisotopic (exact) mass is 336 g/mol. The van der Waals surface area contributed by atoms with Gasteiger partial charge in [0.1, 0.15) is 0 Å². The van der Waals surface area contributed by atoms with Crippen LogP contribution in [-0.2, 0) is 4.79 Å². The molecule has 0 bridgehead atoms. The Labute approximate surface area is 141 Å². The van der Waals surface area contributed by atoms with Gasteiger partial charge in [0.2, 0.25) is 6.41 Å². The highest BCUT2D eigenvalue weighted by Crippen LogP contribution is 2.20. The van der Waals surface area contributed by atoms with E-state index in [1.807, 2.05) is 38.2 Å². The normalized spacial score (nSPS) is 17.3. The second-order valence-corrected chi connectivity index (χ2v) is 6.09. The quantitative estimate of drug-likeness (QED) is 0.452. The Kier molecular flexibility index (Phi) is 5.74. The molecule has 7 heteroatoms. The van der Waals surface area contributed by atoms with Crippen molar-refractivity contribution in [2.75, 3.05) is 33.7 Å². The molecule has 2 rings (SSSR count). The van der Waals surface area contributed by atoms with Crippen molar-refractivity contribution < 1.29 is 9.59 Å². The third-order valence-corrected chi connectivity index (χ3v) is 4.15. The Balaban J connectivity index is 2.19. The molecule has 23 heavy (non-hydrogen) atoms. The summed E-state index contributed by atoms with van der Waals surface area (Å²) >= 11 is 5.59. The van der Waals surface area contributed by atoms with Crippen LogP contribution in [-0.4, -0.2) is 72.1 Å². The fourth-order valence-corrected chi connectivity index (χ4v) is 2.55. The van der Waals surface area contributed by atoms with E-state index in [1.54, 1.807) is 11.9 Å². The molecule has 0 N–H and O–H groups in total. The van der Waals surface area contributed by atoms with Crippen LogP contribution in [0.2, 0.25) is 0 Å². The fourth-order valence-electron chi connectivity index (χ4n) is 2.45. The van der Waals surface area contributed by atoms with Crippen molar-refractivity contribution in [1.82, 2.24) is 14.8 Å². The van der Waals surface area contributed by atoms with Crippen LogP contribution in [0.3, 0.4) is 0 Å². The van der Waals surface area contributed by atoms with Crippen LogP contribution in [0.1, 0.15) is 11.1 Å². The van der Waals surface area contributed by atoms with E-state index in [2.05, 4.69) is 10.0 Å². The molecule has 1 unspecified atom stereocenters. The number of carbonyl (C=O) groups is 2. The second-order valence-electron chi connectivity index (χ2n) is 5.77. The van der Waals surface area contributed by atoms with E-state index >= 15 is 0 Å². The van der Waals surface area contributed by atoms with E-state index in [-0.39, 0.29) is 6.04 Å². The first-order valence-corrected chi connectivity index (χ1v) is 7.78. The van der Waals surface area contributed by atoms with Crippen LogP contribution in [0.25, 0.3) is 0 Å². The molecule has 1 aliphatic heterocycles. The molecule has 1 aliphatic rings. The van der Waals surface area contributed by atoms with Gasteiger partial charge in [0.05, 0.1) is 18.3 Å². The van der Waals surface area contributed by atoms with Gasteiger partial charge in [-0.2, -0.15) is 5.10 Å². The molecule has 1 heterocycles. The van der Waals surface area contributed by atoms with E-state index in [0.717, 1.165) is 23.2 Å². The minimum atomic E-state index is -0.587. The maximum Gasteiger partial charge on any atom is 0.336 e. The first-order chi connectivity index (χ1) is 10.9. The zero-order chi connectivity index (χ0) is 17.0. The van der Waals surface area contributed by atoms with E-state index in [9.17, 15) is 9.59 Å².